The van der Waals surface area contributed by atoms with Crippen LogP contribution in [0.2, 0.25) is 0 Å². The van der Waals surface area contributed by atoms with Crippen molar-refractivity contribution >= 4 is 22.8 Å². The highest BCUT2D eigenvalue weighted by atomic mass is 19.1. The summed E-state index contributed by atoms with van der Waals surface area (Å²) in [6, 6.07) is 12.0. The minimum Gasteiger partial charge on any atom is -0.352 e. The lowest BCUT2D eigenvalue weighted by Gasteiger charge is -2.31. The maximum absolute atomic E-state index is 13.4. The zero-order chi connectivity index (χ0) is 21.4. The van der Waals surface area contributed by atoms with E-state index >= 15 is 0 Å². The minimum atomic E-state index is -0.278. The molecule has 3 aromatic rings. The molecule has 2 aliphatic rings. The van der Waals surface area contributed by atoms with Crippen molar-refractivity contribution in [1.29, 1.82) is 0 Å². The standard InChI is InChI=1S/C24H25FN4O2/c25-19-7-8-20-21(13-19)28-22(27-20)16-9-11-29(12-10-16)24(31)18-3-1-15(2-4-18)14-26-23(30)17-5-6-17/h1-4,7-8,13,16-17H,5-6,9-12,14H2,(H,26,30)(H,27,28). The van der Waals surface area contributed by atoms with Gasteiger partial charge in [-0.2, -0.15) is 0 Å². The van der Waals surface area contributed by atoms with Crippen molar-refractivity contribution in [3.63, 3.8) is 0 Å². The molecule has 1 saturated heterocycles. The van der Waals surface area contributed by atoms with Crippen LogP contribution in [0.4, 0.5) is 4.39 Å². The Bertz CT molecular complexity index is 1110. The number of halogens is 1. The Labute approximate surface area is 179 Å². The summed E-state index contributed by atoms with van der Waals surface area (Å²) in [7, 11) is 0. The summed E-state index contributed by atoms with van der Waals surface area (Å²) >= 11 is 0. The van der Waals surface area contributed by atoms with E-state index in [0.29, 0.717) is 30.7 Å². The average molecular weight is 420 g/mol. The average Bonchev–Trinajstić information content (AvgIpc) is 3.57. The van der Waals surface area contributed by atoms with Gasteiger partial charge in [-0.3, -0.25) is 9.59 Å². The van der Waals surface area contributed by atoms with E-state index in [4.69, 9.17) is 0 Å². The third-order valence-corrected chi connectivity index (χ3v) is 6.25. The summed E-state index contributed by atoms with van der Waals surface area (Å²) in [5.41, 5.74) is 3.13. The number of carbonyl (C=O) groups excluding carboxylic acids is 2. The number of aromatic amines is 1. The molecule has 0 radical (unpaired) electrons. The lowest BCUT2D eigenvalue weighted by molar-refractivity contribution is -0.122. The molecule has 6 nitrogen and oxygen atoms in total. The smallest absolute Gasteiger partial charge is 0.253 e. The van der Waals surface area contributed by atoms with Gasteiger partial charge in [-0.15, -0.1) is 0 Å². The van der Waals surface area contributed by atoms with E-state index in [-0.39, 0.29) is 29.5 Å². The summed E-state index contributed by atoms with van der Waals surface area (Å²) in [6.45, 7) is 1.82. The first-order valence-corrected chi connectivity index (χ1v) is 10.9. The third kappa shape index (κ3) is 4.31. The minimum absolute atomic E-state index is 0.0266. The highest BCUT2D eigenvalue weighted by Gasteiger charge is 2.29. The summed E-state index contributed by atoms with van der Waals surface area (Å²) < 4.78 is 13.4. The normalized spacial score (nSPS) is 17.1. The lowest BCUT2D eigenvalue weighted by atomic mass is 9.95. The molecular formula is C24H25FN4O2. The molecule has 5 rings (SSSR count). The Hall–Kier alpha value is -3.22. The molecule has 31 heavy (non-hydrogen) atoms. The molecule has 2 N–H and O–H groups in total. The highest BCUT2D eigenvalue weighted by Crippen LogP contribution is 2.29. The van der Waals surface area contributed by atoms with Gasteiger partial charge in [-0.25, -0.2) is 9.37 Å². The molecule has 1 aromatic heterocycles. The monoisotopic (exact) mass is 420 g/mol. The van der Waals surface area contributed by atoms with Gasteiger partial charge in [0.25, 0.3) is 5.91 Å². The molecular weight excluding hydrogens is 395 g/mol. The van der Waals surface area contributed by atoms with Crippen molar-refractivity contribution in [1.82, 2.24) is 20.2 Å². The predicted molar refractivity (Wildman–Crippen MR) is 115 cm³/mol. The lowest BCUT2D eigenvalue weighted by Crippen LogP contribution is -2.38. The van der Waals surface area contributed by atoms with Gasteiger partial charge in [-0.05, 0) is 61.6 Å². The molecule has 1 aliphatic carbocycles. The van der Waals surface area contributed by atoms with Crippen LogP contribution in [0.3, 0.4) is 0 Å². The van der Waals surface area contributed by atoms with Gasteiger partial charge in [0.2, 0.25) is 5.91 Å². The molecule has 160 valence electrons. The first-order valence-electron chi connectivity index (χ1n) is 10.9. The molecule has 2 fully saturated rings. The molecule has 2 aromatic carbocycles. The van der Waals surface area contributed by atoms with E-state index in [2.05, 4.69) is 15.3 Å². The molecule has 0 bridgehead atoms. The summed E-state index contributed by atoms with van der Waals surface area (Å²) in [4.78, 5) is 34.4. The number of hydrogen-bond donors (Lipinski definition) is 2. The second-order valence-electron chi connectivity index (χ2n) is 8.54. The number of imidazole rings is 1. The van der Waals surface area contributed by atoms with Crippen LogP contribution in [0, 0.1) is 11.7 Å². The maximum atomic E-state index is 13.4. The number of rotatable bonds is 5. The predicted octanol–water partition coefficient (Wildman–Crippen LogP) is 3.75. The van der Waals surface area contributed by atoms with Crippen LogP contribution in [0.25, 0.3) is 11.0 Å². The number of likely N-dealkylation sites (tertiary alicyclic amines) is 1. The van der Waals surface area contributed by atoms with Crippen molar-refractivity contribution in [2.24, 2.45) is 5.92 Å². The number of hydrogen-bond acceptors (Lipinski definition) is 3. The number of nitrogens with one attached hydrogen (secondary N) is 2. The van der Waals surface area contributed by atoms with Crippen LogP contribution in [0.15, 0.2) is 42.5 Å². The first kappa shape index (κ1) is 19.7. The molecule has 0 atom stereocenters. The summed E-state index contributed by atoms with van der Waals surface area (Å²) in [5.74, 6) is 1.17. The zero-order valence-electron chi connectivity index (χ0n) is 17.2. The number of amides is 2. The molecule has 0 spiro atoms. The fourth-order valence-electron chi connectivity index (χ4n) is 4.18. The summed E-state index contributed by atoms with van der Waals surface area (Å²) in [5, 5.41) is 2.94. The summed E-state index contributed by atoms with van der Waals surface area (Å²) in [6.07, 6.45) is 3.62. The molecule has 7 heteroatoms. The number of carbonyl (C=O) groups is 2. The Morgan fingerprint density at radius 1 is 1.06 bits per heavy atom. The van der Waals surface area contributed by atoms with Crippen molar-refractivity contribution < 1.29 is 14.0 Å². The first-order chi connectivity index (χ1) is 15.1. The van der Waals surface area contributed by atoms with Crippen LogP contribution >= 0.6 is 0 Å². The topological polar surface area (TPSA) is 78.1 Å². The van der Waals surface area contributed by atoms with E-state index in [1.165, 1.54) is 12.1 Å². The molecule has 2 amide bonds. The van der Waals surface area contributed by atoms with Gasteiger partial charge in [0.05, 0.1) is 11.0 Å². The maximum Gasteiger partial charge on any atom is 0.253 e. The largest absolute Gasteiger partial charge is 0.352 e. The number of nitrogens with zero attached hydrogens (tertiary/aromatic N) is 2. The zero-order valence-corrected chi connectivity index (χ0v) is 17.2. The van der Waals surface area contributed by atoms with Crippen LogP contribution in [-0.2, 0) is 11.3 Å². The van der Waals surface area contributed by atoms with Crippen molar-refractivity contribution in [3.05, 3.63) is 65.2 Å². The second kappa shape index (κ2) is 8.13. The Kier molecular flexibility index (Phi) is 5.18. The molecule has 1 aliphatic heterocycles. The van der Waals surface area contributed by atoms with E-state index in [0.717, 1.165) is 42.6 Å². The number of fused-ring (bicyclic) bond motifs is 1. The Morgan fingerprint density at radius 2 is 1.81 bits per heavy atom. The number of H-pyrrole nitrogens is 1. The van der Waals surface area contributed by atoms with E-state index in [1.807, 2.05) is 29.2 Å². The SMILES string of the molecule is O=C(NCc1ccc(C(=O)N2CCC(c3nc4ccc(F)cc4[nH]3)CC2)cc1)C1CC1. The van der Waals surface area contributed by atoms with E-state index in [9.17, 15) is 14.0 Å². The van der Waals surface area contributed by atoms with E-state index < -0.39 is 0 Å². The van der Waals surface area contributed by atoms with E-state index in [1.54, 1.807) is 6.07 Å². The number of aromatic nitrogens is 2. The van der Waals surface area contributed by atoms with Gasteiger partial charge in [0, 0.05) is 37.0 Å². The number of piperidine rings is 1. The van der Waals surface area contributed by atoms with Crippen molar-refractivity contribution in [2.75, 3.05) is 13.1 Å². The van der Waals surface area contributed by atoms with Crippen LogP contribution in [0.5, 0.6) is 0 Å². The molecule has 1 saturated carbocycles. The fraction of sp³-hybridized carbons (Fsp3) is 0.375. The van der Waals surface area contributed by atoms with Crippen molar-refractivity contribution in [3.8, 4) is 0 Å². The molecule has 2 heterocycles. The highest BCUT2D eigenvalue weighted by molar-refractivity contribution is 5.94. The van der Waals surface area contributed by atoms with Crippen LogP contribution in [-0.4, -0.2) is 39.8 Å². The van der Waals surface area contributed by atoms with Crippen LogP contribution < -0.4 is 5.32 Å². The molecule has 0 unspecified atom stereocenters. The third-order valence-electron chi connectivity index (χ3n) is 6.25. The fourth-order valence-corrected chi connectivity index (χ4v) is 4.18. The van der Waals surface area contributed by atoms with Gasteiger partial charge >= 0.3 is 0 Å². The van der Waals surface area contributed by atoms with Gasteiger partial charge in [0.15, 0.2) is 0 Å². The van der Waals surface area contributed by atoms with Gasteiger partial charge < -0.3 is 15.2 Å². The van der Waals surface area contributed by atoms with Gasteiger partial charge in [-0.1, -0.05) is 12.1 Å². The second-order valence-corrected chi connectivity index (χ2v) is 8.54. The van der Waals surface area contributed by atoms with Crippen molar-refractivity contribution in [2.45, 2.75) is 38.1 Å². The Morgan fingerprint density at radius 3 is 2.52 bits per heavy atom. The van der Waals surface area contributed by atoms with Crippen LogP contribution in [0.1, 0.15) is 53.3 Å². The van der Waals surface area contributed by atoms with Gasteiger partial charge in [0.1, 0.15) is 11.6 Å². The Balaban J connectivity index is 1.17. The number of benzene rings is 2. The quantitative estimate of drug-likeness (QED) is 0.660.